The van der Waals surface area contributed by atoms with Gasteiger partial charge in [0.25, 0.3) is 0 Å². The molecule has 0 radical (unpaired) electrons. The first kappa shape index (κ1) is 15.3. The molecule has 0 N–H and O–H groups in total. The Kier molecular flexibility index (Phi) is 4.72. The quantitative estimate of drug-likeness (QED) is 0.613. The summed E-state index contributed by atoms with van der Waals surface area (Å²) in [6.07, 6.45) is 7.37. The summed E-state index contributed by atoms with van der Waals surface area (Å²) in [7, 11) is 0. The molecule has 0 spiro atoms. The van der Waals surface area contributed by atoms with Crippen LogP contribution in [0.5, 0.6) is 5.75 Å². The number of aromatic nitrogens is 1. The van der Waals surface area contributed by atoms with Crippen LogP contribution in [0.15, 0.2) is 60.8 Å². The Labute approximate surface area is 137 Å². The maximum atomic E-state index is 5.81. The molecule has 2 aromatic carbocycles. The van der Waals surface area contributed by atoms with Crippen LogP contribution in [0.3, 0.4) is 0 Å². The number of pyridine rings is 1. The Bertz CT molecular complexity index is 800. The SMILES string of the molecule is CCC(C)Oc1ccc(/C=C/c2ccnc3ccccc23)cc1. The lowest BCUT2D eigenvalue weighted by Gasteiger charge is -2.12. The van der Waals surface area contributed by atoms with Gasteiger partial charge >= 0.3 is 0 Å². The standard InChI is InChI=1S/C21H21NO/c1-3-16(2)23-19-12-9-17(10-13-19)8-11-18-14-15-22-21-7-5-4-6-20(18)21/h4-16H,3H2,1-2H3/b11-8+. The summed E-state index contributed by atoms with van der Waals surface area (Å²) in [5.41, 5.74) is 3.35. The van der Waals surface area contributed by atoms with Crippen molar-refractivity contribution in [2.24, 2.45) is 0 Å². The van der Waals surface area contributed by atoms with Crippen LogP contribution < -0.4 is 4.74 Å². The van der Waals surface area contributed by atoms with Crippen molar-refractivity contribution in [1.29, 1.82) is 0 Å². The van der Waals surface area contributed by atoms with Crippen LogP contribution in [0.1, 0.15) is 31.4 Å². The number of benzene rings is 2. The summed E-state index contributed by atoms with van der Waals surface area (Å²) in [4.78, 5) is 4.39. The van der Waals surface area contributed by atoms with Crippen LogP contribution >= 0.6 is 0 Å². The Balaban J connectivity index is 1.79. The third kappa shape index (κ3) is 3.78. The Hall–Kier alpha value is -2.61. The topological polar surface area (TPSA) is 22.1 Å². The van der Waals surface area contributed by atoms with Crippen molar-refractivity contribution in [3.8, 4) is 5.75 Å². The van der Waals surface area contributed by atoms with Gasteiger partial charge in [-0.25, -0.2) is 0 Å². The van der Waals surface area contributed by atoms with Gasteiger partial charge in [-0.1, -0.05) is 49.4 Å². The largest absolute Gasteiger partial charge is 0.491 e. The van der Waals surface area contributed by atoms with Crippen molar-refractivity contribution in [2.75, 3.05) is 0 Å². The van der Waals surface area contributed by atoms with E-state index in [1.165, 1.54) is 10.9 Å². The molecule has 1 atom stereocenters. The van der Waals surface area contributed by atoms with Gasteiger partial charge < -0.3 is 4.74 Å². The van der Waals surface area contributed by atoms with E-state index in [2.05, 4.69) is 49.2 Å². The minimum absolute atomic E-state index is 0.250. The fraction of sp³-hybridized carbons (Fsp3) is 0.190. The molecule has 0 saturated carbocycles. The number of hydrogen-bond acceptors (Lipinski definition) is 2. The highest BCUT2D eigenvalue weighted by Gasteiger charge is 2.01. The van der Waals surface area contributed by atoms with Crippen LogP contribution in [0.4, 0.5) is 0 Å². The zero-order chi connectivity index (χ0) is 16.1. The van der Waals surface area contributed by atoms with Crippen LogP contribution in [0, 0.1) is 0 Å². The first-order chi connectivity index (χ1) is 11.3. The first-order valence-corrected chi connectivity index (χ1v) is 8.05. The molecule has 2 heteroatoms. The van der Waals surface area contributed by atoms with E-state index < -0.39 is 0 Å². The second-order valence-electron chi connectivity index (χ2n) is 5.66. The summed E-state index contributed by atoms with van der Waals surface area (Å²) in [5.74, 6) is 0.922. The molecule has 0 aliphatic rings. The van der Waals surface area contributed by atoms with Gasteiger partial charge in [-0.05, 0) is 48.7 Å². The predicted octanol–water partition coefficient (Wildman–Crippen LogP) is 5.58. The highest BCUT2D eigenvalue weighted by Crippen LogP contribution is 2.20. The molecule has 0 aliphatic carbocycles. The summed E-state index contributed by atoms with van der Waals surface area (Å²) in [6, 6.07) is 18.4. The number of rotatable bonds is 5. The number of hydrogen-bond donors (Lipinski definition) is 0. The van der Waals surface area contributed by atoms with Gasteiger partial charge in [-0.3, -0.25) is 4.98 Å². The lowest BCUT2D eigenvalue weighted by molar-refractivity contribution is 0.217. The van der Waals surface area contributed by atoms with E-state index in [1.54, 1.807) is 0 Å². The van der Waals surface area contributed by atoms with E-state index in [1.807, 2.05) is 42.6 Å². The maximum absolute atomic E-state index is 5.81. The Morgan fingerprint density at radius 2 is 1.78 bits per heavy atom. The Morgan fingerprint density at radius 1 is 1.00 bits per heavy atom. The fourth-order valence-corrected chi connectivity index (χ4v) is 2.42. The van der Waals surface area contributed by atoms with Crippen molar-refractivity contribution in [1.82, 2.24) is 4.98 Å². The van der Waals surface area contributed by atoms with Crippen molar-refractivity contribution in [3.63, 3.8) is 0 Å². The van der Waals surface area contributed by atoms with Crippen molar-refractivity contribution < 1.29 is 4.74 Å². The molecule has 23 heavy (non-hydrogen) atoms. The molecule has 1 heterocycles. The van der Waals surface area contributed by atoms with Gasteiger partial charge in [-0.15, -0.1) is 0 Å². The van der Waals surface area contributed by atoms with E-state index in [0.29, 0.717) is 0 Å². The van der Waals surface area contributed by atoms with E-state index in [-0.39, 0.29) is 6.10 Å². The fourth-order valence-electron chi connectivity index (χ4n) is 2.42. The third-order valence-corrected chi connectivity index (χ3v) is 3.93. The molecule has 0 fully saturated rings. The van der Waals surface area contributed by atoms with Gasteiger partial charge in [0.05, 0.1) is 11.6 Å². The van der Waals surface area contributed by atoms with E-state index in [4.69, 9.17) is 4.74 Å². The van der Waals surface area contributed by atoms with E-state index in [0.717, 1.165) is 23.3 Å². The molecule has 1 aromatic heterocycles. The van der Waals surface area contributed by atoms with E-state index >= 15 is 0 Å². The van der Waals surface area contributed by atoms with Crippen molar-refractivity contribution in [2.45, 2.75) is 26.4 Å². The average Bonchev–Trinajstić information content (AvgIpc) is 2.61. The zero-order valence-corrected chi connectivity index (χ0v) is 13.6. The van der Waals surface area contributed by atoms with Crippen LogP contribution in [-0.2, 0) is 0 Å². The monoisotopic (exact) mass is 303 g/mol. The molecular weight excluding hydrogens is 282 g/mol. The third-order valence-electron chi connectivity index (χ3n) is 3.93. The molecule has 3 rings (SSSR count). The Morgan fingerprint density at radius 3 is 2.57 bits per heavy atom. The summed E-state index contributed by atoms with van der Waals surface area (Å²) >= 11 is 0. The molecular formula is C21H21NO. The lowest BCUT2D eigenvalue weighted by Crippen LogP contribution is -2.09. The zero-order valence-electron chi connectivity index (χ0n) is 13.6. The highest BCUT2D eigenvalue weighted by molar-refractivity contribution is 5.90. The van der Waals surface area contributed by atoms with Gasteiger partial charge in [0, 0.05) is 11.6 Å². The molecule has 3 aromatic rings. The number of para-hydroxylation sites is 1. The number of ether oxygens (including phenoxy) is 1. The van der Waals surface area contributed by atoms with Gasteiger partial charge in [0.1, 0.15) is 5.75 Å². The highest BCUT2D eigenvalue weighted by atomic mass is 16.5. The van der Waals surface area contributed by atoms with Crippen LogP contribution in [-0.4, -0.2) is 11.1 Å². The molecule has 0 amide bonds. The minimum Gasteiger partial charge on any atom is -0.491 e. The van der Waals surface area contributed by atoms with Crippen molar-refractivity contribution in [3.05, 3.63) is 71.9 Å². The summed E-state index contributed by atoms with van der Waals surface area (Å²) in [6.45, 7) is 4.21. The number of nitrogens with zero attached hydrogens (tertiary/aromatic N) is 1. The molecule has 0 saturated heterocycles. The molecule has 0 aliphatic heterocycles. The van der Waals surface area contributed by atoms with Crippen LogP contribution in [0.25, 0.3) is 23.1 Å². The summed E-state index contributed by atoms with van der Waals surface area (Å²) in [5, 5.41) is 1.17. The molecule has 0 bridgehead atoms. The van der Waals surface area contributed by atoms with Gasteiger partial charge in [0.2, 0.25) is 0 Å². The summed E-state index contributed by atoms with van der Waals surface area (Å²) < 4.78 is 5.81. The second-order valence-corrected chi connectivity index (χ2v) is 5.66. The lowest BCUT2D eigenvalue weighted by atomic mass is 10.1. The van der Waals surface area contributed by atoms with Crippen LogP contribution in [0.2, 0.25) is 0 Å². The van der Waals surface area contributed by atoms with Gasteiger partial charge in [-0.2, -0.15) is 0 Å². The molecule has 1 unspecified atom stereocenters. The predicted molar refractivity (Wildman–Crippen MR) is 97.5 cm³/mol. The second kappa shape index (κ2) is 7.10. The van der Waals surface area contributed by atoms with E-state index in [9.17, 15) is 0 Å². The van der Waals surface area contributed by atoms with Gasteiger partial charge in [0.15, 0.2) is 0 Å². The average molecular weight is 303 g/mol. The normalized spacial score (nSPS) is 12.6. The van der Waals surface area contributed by atoms with Crippen molar-refractivity contribution >= 4 is 23.1 Å². The minimum atomic E-state index is 0.250. The number of fused-ring (bicyclic) bond motifs is 1. The molecule has 116 valence electrons. The smallest absolute Gasteiger partial charge is 0.119 e. The first-order valence-electron chi connectivity index (χ1n) is 8.05. The maximum Gasteiger partial charge on any atom is 0.119 e. The molecule has 2 nitrogen and oxygen atoms in total.